The smallest absolute Gasteiger partial charge is 0.239 e. The SMILES string of the molecule is CC(C)[C@H](N)C(=O)NCC(=O)NCCOc1c(Cl)cc(Cl)cc1Cl.Cl. The van der Waals surface area contributed by atoms with Crippen LogP contribution in [0.25, 0.3) is 0 Å². The highest BCUT2D eigenvalue weighted by molar-refractivity contribution is 6.40. The molecule has 0 saturated heterocycles. The van der Waals surface area contributed by atoms with E-state index in [9.17, 15) is 9.59 Å². The van der Waals surface area contributed by atoms with Crippen molar-refractivity contribution in [3.63, 3.8) is 0 Å². The second kappa shape index (κ2) is 11.6. The molecule has 10 heteroatoms. The Morgan fingerprint density at radius 2 is 1.72 bits per heavy atom. The van der Waals surface area contributed by atoms with Gasteiger partial charge in [0.1, 0.15) is 6.61 Å². The largest absolute Gasteiger partial charge is 0.489 e. The van der Waals surface area contributed by atoms with Crippen molar-refractivity contribution >= 4 is 59.0 Å². The van der Waals surface area contributed by atoms with Gasteiger partial charge in [-0.05, 0) is 18.1 Å². The Morgan fingerprint density at radius 1 is 1.16 bits per heavy atom. The molecule has 25 heavy (non-hydrogen) atoms. The van der Waals surface area contributed by atoms with E-state index in [1.165, 1.54) is 12.1 Å². The number of carbonyl (C=O) groups is 2. The van der Waals surface area contributed by atoms with E-state index in [-0.39, 0.29) is 59.9 Å². The lowest BCUT2D eigenvalue weighted by atomic mass is 10.1. The first-order valence-corrected chi connectivity index (χ1v) is 8.43. The Balaban J connectivity index is 0.00000576. The zero-order valence-electron chi connectivity index (χ0n) is 13.8. The number of nitrogens with two attached hydrogens (primary N) is 1. The lowest BCUT2D eigenvalue weighted by Crippen LogP contribution is -2.47. The quantitative estimate of drug-likeness (QED) is 0.550. The van der Waals surface area contributed by atoms with Gasteiger partial charge in [-0.3, -0.25) is 9.59 Å². The molecule has 142 valence electrons. The van der Waals surface area contributed by atoms with E-state index in [4.69, 9.17) is 45.3 Å². The second-order valence-corrected chi connectivity index (χ2v) is 6.64. The first-order valence-electron chi connectivity index (χ1n) is 7.29. The van der Waals surface area contributed by atoms with Crippen molar-refractivity contribution in [2.24, 2.45) is 11.7 Å². The van der Waals surface area contributed by atoms with Gasteiger partial charge in [0.05, 0.1) is 29.2 Å². The normalized spacial score (nSPS) is 11.5. The number of carbonyl (C=O) groups excluding carboxylic acids is 2. The average molecular weight is 433 g/mol. The molecular formula is C15H21Cl4N3O3. The molecule has 1 aromatic carbocycles. The molecule has 0 aliphatic rings. The van der Waals surface area contributed by atoms with Crippen LogP contribution in [0.1, 0.15) is 13.8 Å². The van der Waals surface area contributed by atoms with Crippen molar-refractivity contribution in [2.45, 2.75) is 19.9 Å². The van der Waals surface area contributed by atoms with Crippen molar-refractivity contribution in [1.29, 1.82) is 0 Å². The number of benzene rings is 1. The first kappa shape index (κ1) is 24.1. The summed E-state index contributed by atoms with van der Waals surface area (Å²) in [6.07, 6.45) is 0. The molecule has 4 N–H and O–H groups in total. The molecule has 0 fully saturated rings. The minimum absolute atomic E-state index is 0. The van der Waals surface area contributed by atoms with Gasteiger partial charge >= 0.3 is 0 Å². The lowest BCUT2D eigenvalue weighted by molar-refractivity contribution is -0.127. The Labute approximate surface area is 168 Å². The van der Waals surface area contributed by atoms with Crippen LogP contribution in [0.2, 0.25) is 15.1 Å². The summed E-state index contributed by atoms with van der Waals surface area (Å²) in [4.78, 5) is 23.3. The Kier molecular flexibility index (Phi) is 11.2. The zero-order chi connectivity index (χ0) is 18.3. The summed E-state index contributed by atoms with van der Waals surface area (Å²) in [5.74, 6) is -0.420. The van der Waals surface area contributed by atoms with Crippen molar-refractivity contribution in [1.82, 2.24) is 10.6 Å². The van der Waals surface area contributed by atoms with Gasteiger partial charge in [0.2, 0.25) is 11.8 Å². The number of amides is 2. The van der Waals surface area contributed by atoms with E-state index in [1.807, 2.05) is 13.8 Å². The average Bonchev–Trinajstić information content (AvgIpc) is 2.49. The molecule has 0 spiro atoms. The molecule has 6 nitrogen and oxygen atoms in total. The topological polar surface area (TPSA) is 93.5 Å². The molecule has 0 aromatic heterocycles. The van der Waals surface area contributed by atoms with Gasteiger partial charge in [-0.15, -0.1) is 12.4 Å². The van der Waals surface area contributed by atoms with Gasteiger partial charge in [0.25, 0.3) is 0 Å². The number of rotatable bonds is 8. The maximum Gasteiger partial charge on any atom is 0.239 e. The van der Waals surface area contributed by atoms with Crippen LogP contribution in [0.4, 0.5) is 0 Å². The van der Waals surface area contributed by atoms with E-state index in [2.05, 4.69) is 10.6 Å². The van der Waals surface area contributed by atoms with Gasteiger partial charge < -0.3 is 21.1 Å². The van der Waals surface area contributed by atoms with Crippen LogP contribution < -0.4 is 21.1 Å². The van der Waals surface area contributed by atoms with Crippen LogP contribution >= 0.6 is 47.2 Å². The fourth-order valence-corrected chi connectivity index (χ4v) is 2.59. The number of hydrogen-bond acceptors (Lipinski definition) is 4. The fraction of sp³-hybridized carbons (Fsp3) is 0.467. The molecule has 0 aliphatic carbocycles. The molecule has 2 amide bonds. The highest BCUT2D eigenvalue weighted by atomic mass is 35.5. The molecular weight excluding hydrogens is 412 g/mol. The summed E-state index contributed by atoms with van der Waals surface area (Å²) >= 11 is 17.8. The third-order valence-electron chi connectivity index (χ3n) is 3.08. The Morgan fingerprint density at radius 3 is 2.24 bits per heavy atom. The molecule has 0 aliphatic heterocycles. The number of hydrogen-bond donors (Lipinski definition) is 3. The minimum atomic E-state index is -0.643. The summed E-state index contributed by atoms with van der Waals surface area (Å²) in [7, 11) is 0. The van der Waals surface area contributed by atoms with Gasteiger partial charge in [-0.25, -0.2) is 0 Å². The second-order valence-electron chi connectivity index (χ2n) is 5.38. The standard InChI is InChI=1S/C15H20Cl3N3O3.ClH/c1-8(2)13(19)15(23)21-7-12(22)20-3-4-24-14-10(17)5-9(16)6-11(14)18;/h5-6,8,13H,3-4,7,19H2,1-2H3,(H,20,22)(H,21,23);1H/t13-;/m0./s1. The van der Waals surface area contributed by atoms with Crippen LogP contribution in [0.15, 0.2) is 12.1 Å². The summed E-state index contributed by atoms with van der Waals surface area (Å²) < 4.78 is 5.42. The summed E-state index contributed by atoms with van der Waals surface area (Å²) in [5, 5.41) is 6.04. The predicted molar refractivity (Wildman–Crippen MR) is 103 cm³/mol. The predicted octanol–water partition coefficient (Wildman–Crippen LogP) is 2.66. The fourth-order valence-electron chi connectivity index (χ4n) is 1.66. The molecule has 0 unspecified atom stereocenters. The van der Waals surface area contributed by atoms with Gasteiger partial charge in [-0.2, -0.15) is 0 Å². The third-order valence-corrected chi connectivity index (χ3v) is 3.86. The summed E-state index contributed by atoms with van der Waals surface area (Å²) in [6, 6.07) is 2.38. The maximum atomic E-state index is 11.6. The van der Waals surface area contributed by atoms with E-state index in [0.717, 1.165) is 0 Å². The van der Waals surface area contributed by atoms with Gasteiger partial charge in [-0.1, -0.05) is 48.7 Å². The van der Waals surface area contributed by atoms with Crippen LogP contribution in [0.3, 0.4) is 0 Å². The summed E-state index contributed by atoms with van der Waals surface area (Å²) in [6.45, 7) is 3.89. The molecule has 1 aromatic rings. The summed E-state index contributed by atoms with van der Waals surface area (Å²) in [5.41, 5.74) is 5.67. The molecule has 1 rings (SSSR count). The highest BCUT2D eigenvalue weighted by Gasteiger charge is 2.17. The molecule has 1 atom stereocenters. The van der Waals surface area contributed by atoms with Gasteiger partial charge in [0.15, 0.2) is 5.75 Å². The Hall–Kier alpha value is -0.920. The molecule has 0 saturated carbocycles. The highest BCUT2D eigenvalue weighted by Crippen LogP contribution is 2.35. The first-order chi connectivity index (χ1) is 11.2. The van der Waals surface area contributed by atoms with Crippen molar-refractivity contribution in [2.75, 3.05) is 19.7 Å². The zero-order valence-corrected chi connectivity index (χ0v) is 16.9. The molecule has 0 bridgehead atoms. The lowest BCUT2D eigenvalue weighted by Gasteiger charge is -2.15. The van der Waals surface area contributed by atoms with E-state index >= 15 is 0 Å². The van der Waals surface area contributed by atoms with Gasteiger partial charge in [0, 0.05) is 5.02 Å². The number of halogens is 4. The number of ether oxygens (including phenoxy) is 1. The van der Waals surface area contributed by atoms with Crippen LogP contribution in [-0.2, 0) is 9.59 Å². The van der Waals surface area contributed by atoms with E-state index in [0.29, 0.717) is 10.8 Å². The minimum Gasteiger partial charge on any atom is -0.489 e. The van der Waals surface area contributed by atoms with E-state index < -0.39 is 6.04 Å². The van der Waals surface area contributed by atoms with E-state index in [1.54, 1.807) is 0 Å². The third kappa shape index (κ3) is 8.33. The van der Waals surface area contributed by atoms with Crippen LogP contribution in [0.5, 0.6) is 5.75 Å². The molecule has 0 heterocycles. The maximum absolute atomic E-state index is 11.6. The molecule has 0 radical (unpaired) electrons. The van der Waals surface area contributed by atoms with Crippen LogP contribution in [0, 0.1) is 5.92 Å². The van der Waals surface area contributed by atoms with Crippen molar-refractivity contribution in [3.8, 4) is 5.75 Å². The van der Waals surface area contributed by atoms with Crippen molar-refractivity contribution in [3.05, 3.63) is 27.2 Å². The van der Waals surface area contributed by atoms with Crippen molar-refractivity contribution < 1.29 is 14.3 Å². The Bertz CT molecular complexity index is 576. The monoisotopic (exact) mass is 431 g/mol. The number of nitrogens with one attached hydrogen (secondary N) is 2. The van der Waals surface area contributed by atoms with Crippen LogP contribution in [-0.4, -0.2) is 37.6 Å².